The number of nitrogens with zero attached hydrogens (tertiary/aromatic N) is 2. The van der Waals surface area contributed by atoms with Crippen molar-refractivity contribution in [3.05, 3.63) is 83.7 Å². The maximum absolute atomic E-state index is 15.4. The molecule has 0 saturated heterocycles. The van der Waals surface area contributed by atoms with Crippen LogP contribution in [0.3, 0.4) is 0 Å². The summed E-state index contributed by atoms with van der Waals surface area (Å²) in [6.45, 7) is 8.39. The van der Waals surface area contributed by atoms with Crippen LogP contribution in [-0.2, 0) is 54.5 Å². The largest absolute Gasteiger partial charge is 0.480 e. The number of halogens is 2. The lowest BCUT2D eigenvalue weighted by molar-refractivity contribution is -0.140. The SMILES string of the molecule is CC(=O)N[C@@H](CCCCN)C(=O)N[C@@H](C)C(=O)N[C@@H](C)C(=O)N[C@@H](CC(=O)N[C@@H](CCN(C(=O)CO)[C@@H](c1cc(-c2cc(F)ccc2F)cn1Cc1ccccc1)C(C)(C)C)C(=O)NCCC(=O)NCCCC[C@H](N)C(=O)O)C(N)=O. The zero-order valence-corrected chi connectivity index (χ0v) is 46.8. The van der Waals surface area contributed by atoms with Crippen molar-refractivity contribution in [2.45, 2.75) is 148 Å². The Morgan fingerprint density at radius 3 is 1.95 bits per heavy atom. The van der Waals surface area contributed by atoms with Crippen LogP contribution in [0, 0.1) is 17.0 Å². The van der Waals surface area contributed by atoms with E-state index in [1.54, 1.807) is 37.6 Å². The smallest absolute Gasteiger partial charge is 0.320 e. The number of carbonyl (C=O) groups excluding carboxylic acids is 9. The molecule has 0 spiro atoms. The standard InChI is InChI=1S/C55H80F2N12O12/c1-32(64-53(79)41(65-34(3)71)17-10-12-22-58)50(76)63-33(2)51(77)67-43(49(60)75)28-46(73)66-42(52(78)62-24-20-45(72)61-23-13-11-16-40(59)54(80)81)21-25-69(47(74)31-70)48(55(4,5)6)44-26-36(38-27-37(56)18-19-39(38)57)30-68(44)29-35-14-8-7-9-15-35/h7-9,14-15,18-19,26-27,30,32-33,40-43,48,70H,10-13,16-17,20-25,28-29,31,58-59H2,1-6H3,(H2,60,75)(H,61,72)(H,62,78)(H,63,76)(H,64,79)(H,65,71)(H,66,73)(H,67,77)(H,80,81)/t32-,33-,40-,41-,42-,43-,48-/m0/s1. The summed E-state index contributed by atoms with van der Waals surface area (Å²) in [5, 5.41) is 37.0. The Balaban J connectivity index is 1.92. The van der Waals surface area contributed by atoms with Crippen LogP contribution >= 0.6 is 0 Å². The van der Waals surface area contributed by atoms with E-state index in [4.69, 9.17) is 22.3 Å². The number of rotatable bonds is 34. The van der Waals surface area contributed by atoms with E-state index in [1.165, 1.54) is 25.7 Å². The summed E-state index contributed by atoms with van der Waals surface area (Å²) in [7, 11) is 0. The molecular formula is C55H80F2N12O12. The number of aromatic nitrogens is 1. The normalized spacial score (nSPS) is 13.9. The fraction of sp³-hybridized carbons (Fsp3) is 0.527. The minimum Gasteiger partial charge on any atom is -0.480 e. The van der Waals surface area contributed by atoms with Gasteiger partial charge in [-0.1, -0.05) is 51.1 Å². The van der Waals surface area contributed by atoms with Crippen LogP contribution in [0.4, 0.5) is 8.78 Å². The van der Waals surface area contributed by atoms with Crippen LogP contribution in [0.2, 0.25) is 0 Å². The van der Waals surface area contributed by atoms with E-state index >= 15 is 4.39 Å². The van der Waals surface area contributed by atoms with Crippen molar-refractivity contribution in [1.29, 1.82) is 0 Å². The van der Waals surface area contributed by atoms with Gasteiger partial charge in [0.05, 0.1) is 12.5 Å². The molecule has 0 fully saturated rings. The molecule has 0 bridgehead atoms. The number of hydrogen-bond acceptors (Lipinski definition) is 13. The molecule has 3 aromatic rings. The van der Waals surface area contributed by atoms with E-state index in [1.807, 2.05) is 30.3 Å². The number of primary amides is 1. The molecule has 0 radical (unpaired) electrons. The molecule has 15 N–H and O–H groups in total. The predicted molar refractivity (Wildman–Crippen MR) is 294 cm³/mol. The number of carboxylic acids is 1. The number of benzene rings is 2. The molecule has 0 aliphatic rings. The molecule has 446 valence electrons. The predicted octanol–water partition coefficient (Wildman–Crippen LogP) is 0.473. The third-order valence-electron chi connectivity index (χ3n) is 13.0. The second-order valence-corrected chi connectivity index (χ2v) is 20.8. The Morgan fingerprint density at radius 1 is 0.716 bits per heavy atom. The fourth-order valence-electron chi connectivity index (χ4n) is 8.74. The van der Waals surface area contributed by atoms with Gasteiger partial charge in [0.15, 0.2) is 0 Å². The van der Waals surface area contributed by atoms with Crippen molar-refractivity contribution in [2.75, 3.05) is 32.8 Å². The second-order valence-electron chi connectivity index (χ2n) is 20.8. The maximum atomic E-state index is 15.4. The summed E-state index contributed by atoms with van der Waals surface area (Å²) in [5.74, 6) is -9.81. The fourth-order valence-corrected chi connectivity index (χ4v) is 8.74. The second kappa shape index (κ2) is 33.0. The highest BCUT2D eigenvalue weighted by Gasteiger charge is 2.38. The topological polar surface area (TPSA) is 382 Å². The van der Waals surface area contributed by atoms with Crippen molar-refractivity contribution < 1.29 is 66.9 Å². The monoisotopic (exact) mass is 1140 g/mol. The van der Waals surface area contributed by atoms with Crippen molar-refractivity contribution in [3.63, 3.8) is 0 Å². The molecule has 0 aliphatic heterocycles. The molecule has 1 aromatic heterocycles. The number of aliphatic carboxylic acids is 1. The van der Waals surface area contributed by atoms with Gasteiger partial charge in [0.2, 0.25) is 53.2 Å². The number of carboxylic acid groups (broad SMARTS) is 1. The lowest BCUT2D eigenvalue weighted by Crippen LogP contribution is -2.57. The van der Waals surface area contributed by atoms with Gasteiger partial charge in [-0.2, -0.15) is 0 Å². The Morgan fingerprint density at radius 2 is 1.35 bits per heavy atom. The van der Waals surface area contributed by atoms with Crippen LogP contribution in [0.15, 0.2) is 60.8 Å². The molecule has 2 aromatic carbocycles. The molecule has 1 heterocycles. The van der Waals surface area contributed by atoms with E-state index in [0.717, 1.165) is 23.8 Å². The highest BCUT2D eigenvalue weighted by atomic mass is 19.1. The lowest BCUT2D eigenvalue weighted by atomic mass is 9.82. The first-order chi connectivity index (χ1) is 38.2. The van der Waals surface area contributed by atoms with Crippen LogP contribution in [0.5, 0.6) is 0 Å². The molecule has 24 nitrogen and oxygen atoms in total. The van der Waals surface area contributed by atoms with Gasteiger partial charge in [-0.15, -0.1) is 0 Å². The molecule has 0 aliphatic carbocycles. The van der Waals surface area contributed by atoms with Gasteiger partial charge >= 0.3 is 5.97 Å². The third-order valence-corrected chi connectivity index (χ3v) is 13.0. The summed E-state index contributed by atoms with van der Waals surface area (Å²) in [5.41, 5.74) is 17.3. The summed E-state index contributed by atoms with van der Waals surface area (Å²) in [4.78, 5) is 131. The van der Waals surface area contributed by atoms with Crippen LogP contribution in [0.25, 0.3) is 11.1 Å². The zero-order chi connectivity index (χ0) is 60.6. The Hall–Kier alpha value is -7.84. The Kier molecular flexibility index (Phi) is 27.5. The van der Waals surface area contributed by atoms with Crippen molar-refractivity contribution >= 4 is 59.1 Å². The lowest BCUT2D eigenvalue weighted by Gasteiger charge is -2.41. The number of carbonyl (C=O) groups is 10. The van der Waals surface area contributed by atoms with E-state index in [-0.39, 0.29) is 63.0 Å². The molecule has 7 atom stereocenters. The van der Waals surface area contributed by atoms with E-state index < -0.39 is 132 Å². The van der Waals surface area contributed by atoms with E-state index in [2.05, 4.69) is 37.2 Å². The van der Waals surface area contributed by atoms with Gasteiger partial charge in [-0.25, -0.2) is 8.78 Å². The first-order valence-electron chi connectivity index (χ1n) is 26.8. The molecule has 0 saturated carbocycles. The van der Waals surface area contributed by atoms with Gasteiger partial charge < -0.3 is 74.1 Å². The first-order valence-corrected chi connectivity index (χ1v) is 26.8. The highest BCUT2D eigenvalue weighted by molar-refractivity contribution is 5.96. The molecule has 9 amide bonds. The average Bonchev–Trinajstić information content (AvgIpc) is 3.84. The number of aliphatic hydroxyl groups is 1. The minimum atomic E-state index is -1.72. The minimum absolute atomic E-state index is 0.0617. The molecule has 0 unspecified atom stereocenters. The summed E-state index contributed by atoms with van der Waals surface area (Å²) in [6.07, 6.45) is 2.54. The number of amides is 9. The third kappa shape index (κ3) is 22.7. The number of nitrogens with two attached hydrogens (primary N) is 3. The van der Waals surface area contributed by atoms with Gasteiger partial charge in [-0.3, -0.25) is 47.9 Å². The summed E-state index contributed by atoms with van der Waals surface area (Å²) >= 11 is 0. The molecule has 81 heavy (non-hydrogen) atoms. The van der Waals surface area contributed by atoms with Crippen LogP contribution < -0.4 is 54.4 Å². The van der Waals surface area contributed by atoms with Crippen molar-refractivity contribution in [2.24, 2.45) is 22.6 Å². The van der Waals surface area contributed by atoms with Gasteiger partial charge in [0, 0.05) is 62.5 Å². The van der Waals surface area contributed by atoms with E-state index in [0.29, 0.717) is 37.9 Å². The Labute approximate surface area is 469 Å². The first kappa shape index (κ1) is 67.4. The molecular weight excluding hydrogens is 1060 g/mol. The molecule has 26 heteroatoms. The van der Waals surface area contributed by atoms with Crippen LogP contribution in [0.1, 0.15) is 117 Å². The summed E-state index contributed by atoms with van der Waals surface area (Å²) in [6, 6.07) is 4.96. The van der Waals surface area contributed by atoms with Crippen LogP contribution in [-0.4, -0.2) is 148 Å². The number of hydrogen-bond donors (Lipinski definition) is 12. The van der Waals surface area contributed by atoms with E-state index in [9.17, 15) is 57.4 Å². The maximum Gasteiger partial charge on any atom is 0.320 e. The highest BCUT2D eigenvalue weighted by Crippen LogP contribution is 2.41. The Bertz CT molecular complexity index is 2650. The quantitative estimate of drug-likeness (QED) is 0.0362. The molecule has 3 rings (SSSR count). The van der Waals surface area contributed by atoms with Gasteiger partial charge in [0.1, 0.15) is 54.5 Å². The number of aliphatic hydroxyl groups excluding tert-OH is 1. The van der Waals surface area contributed by atoms with Crippen molar-refractivity contribution in [3.8, 4) is 11.1 Å². The summed E-state index contributed by atoms with van der Waals surface area (Å²) < 4.78 is 31.8. The zero-order valence-electron chi connectivity index (χ0n) is 46.8. The number of nitrogens with one attached hydrogen (secondary N) is 7. The van der Waals surface area contributed by atoms with Crippen molar-refractivity contribution in [1.82, 2.24) is 46.7 Å². The average molecular weight is 1140 g/mol. The number of unbranched alkanes of at least 4 members (excludes halogenated alkanes) is 2. The van der Waals surface area contributed by atoms with Gasteiger partial charge in [0.25, 0.3) is 0 Å². The van der Waals surface area contributed by atoms with Gasteiger partial charge in [-0.05, 0) is 101 Å².